The summed E-state index contributed by atoms with van der Waals surface area (Å²) in [5, 5.41) is 5.74. The van der Waals surface area contributed by atoms with Gasteiger partial charge in [-0.3, -0.25) is 9.59 Å². The number of rotatable bonds is 7. The van der Waals surface area contributed by atoms with Crippen LogP contribution < -0.4 is 15.4 Å². The van der Waals surface area contributed by atoms with E-state index >= 15 is 0 Å². The number of amides is 2. The number of carbonyl (C=O) groups excluding carboxylic acids is 2. The molecule has 0 bridgehead atoms. The minimum atomic E-state index is -0.715. The van der Waals surface area contributed by atoms with Gasteiger partial charge in [0, 0.05) is 17.7 Å². The lowest BCUT2D eigenvalue weighted by Crippen LogP contribution is -2.45. The summed E-state index contributed by atoms with van der Waals surface area (Å²) in [7, 11) is 1.59. The first-order chi connectivity index (χ1) is 14.0. The Kier molecular flexibility index (Phi) is 6.63. The highest BCUT2D eigenvalue weighted by Gasteiger charge is 2.22. The number of carbonyl (C=O) groups is 2. The van der Waals surface area contributed by atoms with Gasteiger partial charge < -0.3 is 15.4 Å². The third kappa shape index (κ3) is 5.69. The van der Waals surface area contributed by atoms with Gasteiger partial charge in [-0.2, -0.15) is 0 Å². The molecule has 0 heterocycles. The zero-order valence-electron chi connectivity index (χ0n) is 16.5. The van der Waals surface area contributed by atoms with Gasteiger partial charge >= 0.3 is 0 Å². The second kappa shape index (κ2) is 9.55. The van der Waals surface area contributed by atoms with Gasteiger partial charge in [0.25, 0.3) is 5.91 Å². The third-order valence-electron chi connectivity index (χ3n) is 4.58. The minimum absolute atomic E-state index is 0.278. The van der Waals surface area contributed by atoms with Crippen molar-refractivity contribution < 1.29 is 14.3 Å². The molecule has 1 atom stereocenters. The van der Waals surface area contributed by atoms with Crippen molar-refractivity contribution in [1.29, 1.82) is 0 Å². The molecule has 3 aromatic rings. The van der Waals surface area contributed by atoms with E-state index < -0.39 is 6.04 Å². The number of ether oxygens (including phenoxy) is 1. The largest absolute Gasteiger partial charge is 0.497 e. The first-order valence-electron chi connectivity index (χ1n) is 9.41. The molecule has 0 aliphatic rings. The van der Waals surface area contributed by atoms with Gasteiger partial charge in [0.1, 0.15) is 11.8 Å². The number of methoxy groups -OCH3 is 1. The minimum Gasteiger partial charge on any atom is -0.497 e. The van der Waals surface area contributed by atoms with Crippen LogP contribution >= 0.6 is 0 Å². The Labute approximate surface area is 170 Å². The fourth-order valence-electron chi connectivity index (χ4n) is 2.91. The molecule has 0 spiro atoms. The van der Waals surface area contributed by atoms with Crippen LogP contribution in [0.15, 0.2) is 78.9 Å². The molecule has 0 saturated heterocycles. The van der Waals surface area contributed by atoms with Crippen LogP contribution in [0.4, 0.5) is 5.69 Å². The summed E-state index contributed by atoms with van der Waals surface area (Å²) in [4.78, 5) is 25.6. The van der Waals surface area contributed by atoms with Gasteiger partial charge in [-0.15, -0.1) is 0 Å². The summed E-state index contributed by atoms with van der Waals surface area (Å²) in [6.45, 7) is 1.96. The Morgan fingerprint density at radius 1 is 0.897 bits per heavy atom. The van der Waals surface area contributed by atoms with Crippen molar-refractivity contribution in [2.24, 2.45) is 0 Å². The molecule has 0 fully saturated rings. The Morgan fingerprint density at radius 2 is 1.55 bits per heavy atom. The Balaban J connectivity index is 1.76. The maximum absolute atomic E-state index is 12.9. The van der Waals surface area contributed by atoms with Crippen molar-refractivity contribution in [2.45, 2.75) is 19.4 Å². The molecular weight excluding hydrogens is 364 g/mol. The van der Waals surface area contributed by atoms with E-state index in [4.69, 9.17) is 4.74 Å². The molecule has 5 heteroatoms. The number of hydrogen-bond acceptors (Lipinski definition) is 3. The third-order valence-corrected chi connectivity index (χ3v) is 4.58. The summed E-state index contributed by atoms with van der Waals surface area (Å²) >= 11 is 0. The Morgan fingerprint density at radius 3 is 2.17 bits per heavy atom. The summed E-state index contributed by atoms with van der Waals surface area (Å²) in [6.07, 6.45) is 0.389. The van der Waals surface area contributed by atoms with Gasteiger partial charge in [0.2, 0.25) is 5.91 Å². The first-order valence-corrected chi connectivity index (χ1v) is 9.41. The first kappa shape index (κ1) is 20.1. The standard InChI is InChI=1S/C24H24N2O3/c1-17-8-10-19(11-9-17)23(27)26-22(16-18-6-4-3-5-7-18)24(28)25-20-12-14-21(29-2)15-13-20/h3-15,22H,16H2,1-2H3,(H,25,28)(H,26,27)/t22-/m0/s1. The van der Waals surface area contributed by atoms with Crippen LogP contribution in [0.5, 0.6) is 5.75 Å². The van der Waals surface area contributed by atoms with E-state index in [0.717, 1.165) is 11.1 Å². The lowest BCUT2D eigenvalue weighted by Gasteiger charge is -2.19. The monoisotopic (exact) mass is 388 g/mol. The second-order valence-electron chi connectivity index (χ2n) is 6.80. The number of anilines is 1. The molecule has 3 rings (SSSR count). The molecule has 29 heavy (non-hydrogen) atoms. The summed E-state index contributed by atoms with van der Waals surface area (Å²) in [5.41, 5.74) is 3.19. The molecule has 5 nitrogen and oxygen atoms in total. The number of nitrogens with one attached hydrogen (secondary N) is 2. The topological polar surface area (TPSA) is 67.4 Å². The van der Waals surface area contributed by atoms with E-state index in [2.05, 4.69) is 10.6 Å². The van der Waals surface area contributed by atoms with Crippen LogP contribution in [-0.4, -0.2) is 25.0 Å². The molecule has 0 radical (unpaired) electrons. The highest BCUT2D eigenvalue weighted by molar-refractivity contribution is 6.01. The van der Waals surface area contributed by atoms with Gasteiger partial charge in [-0.05, 0) is 48.9 Å². The quantitative estimate of drug-likeness (QED) is 0.643. The van der Waals surface area contributed by atoms with Crippen molar-refractivity contribution in [3.8, 4) is 5.75 Å². The average Bonchev–Trinajstić information content (AvgIpc) is 2.75. The predicted molar refractivity (Wildman–Crippen MR) is 114 cm³/mol. The summed E-state index contributed by atoms with van der Waals surface area (Å²) in [5.74, 6) is 0.145. The highest BCUT2D eigenvalue weighted by Crippen LogP contribution is 2.16. The number of aryl methyl sites for hydroxylation is 1. The maximum Gasteiger partial charge on any atom is 0.251 e. The molecule has 0 unspecified atom stereocenters. The van der Waals surface area contributed by atoms with Gasteiger partial charge in [-0.25, -0.2) is 0 Å². The summed E-state index contributed by atoms with van der Waals surface area (Å²) < 4.78 is 5.14. The van der Waals surface area contributed by atoms with Crippen LogP contribution in [-0.2, 0) is 11.2 Å². The van der Waals surface area contributed by atoms with Crippen molar-refractivity contribution in [3.05, 3.63) is 95.6 Å². The maximum atomic E-state index is 12.9. The van der Waals surface area contributed by atoms with Gasteiger partial charge in [0.15, 0.2) is 0 Å². The smallest absolute Gasteiger partial charge is 0.251 e. The molecular formula is C24H24N2O3. The fraction of sp³-hybridized carbons (Fsp3) is 0.167. The predicted octanol–water partition coefficient (Wildman–Crippen LogP) is 3.98. The van der Waals surface area contributed by atoms with Crippen LogP contribution in [0.3, 0.4) is 0 Å². The normalized spacial score (nSPS) is 11.4. The van der Waals surface area contributed by atoms with E-state index in [1.54, 1.807) is 43.5 Å². The highest BCUT2D eigenvalue weighted by atomic mass is 16.5. The van der Waals surface area contributed by atoms with E-state index in [9.17, 15) is 9.59 Å². The lowest BCUT2D eigenvalue weighted by molar-refractivity contribution is -0.118. The van der Waals surface area contributed by atoms with E-state index in [-0.39, 0.29) is 11.8 Å². The summed E-state index contributed by atoms with van der Waals surface area (Å²) in [6, 6.07) is 23.2. The average molecular weight is 388 g/mol. The van der Waals surface area contributed by atoms with Gasteiger partial charge in [0.05, 0.1) is 7.11 Å². The second-order valence-corrected chi connectivity index (χ2v) is 6.80. The lowest BCUT2D eigenvalue weighted by atomic mass is 10.0. The molecule has 3 aromatic carbocycles. The molecule has 0 aliphatic carbocycles. The van der Waals surface area contributed by atoms with Crippen LogP contribution in [0, 0.1) is 6.92 Å². The molecule has 148 valence electrons. The number of hydrogen-bond donors (Lipinski definition) is 2. The van der Waals surface area contributed by atoms with Crippen LogP contribution in [0.1, 0.15) is 21.5 Å². The molecule has 0 saturated carbocycles. The fourth-order valence-corrected chi connectivity index (χ4v) is 2.91. The zero-order valence-corrected chi connectivity index (χ0v) is 16.5. The van der Waals surface area contributed by atoms with E-state index in [1.165, 1.54) is 0 Å². The van der Waals surface area contributed by atoms with Crippen LogP contribution in [0.2, 0.25) is 0 Å². The molecule has 2 N–H and O–H groups in total. The van der Waals surface area contributed by atoms with Crippen molar-refractivity contribution in [1.82, 2.24) is 5.32 Å². The zero-order chi connectivity index (χ0) is 20.6. The van der Waals surface area contributed by atoms with Crippen molar-refractivity contribution >= 4 is 17.5 Å². The number of benzene rings is 3. The van der Waals surface area contributed by atoms with Crippen molar-refractivity contribution in [2.75, 3.05) is 12.4 Å². The molecule has 0 aliphatic heterocycles. The van der Waals surface area contributed by atoms with Crippen molar-refractivity contribution in [3.63, 3.8) is 0 Å². The van der Waals surface area contributed by atoms with E-state index in [1.807, 2.05) is 49.4 Å². The Bertz CT molecular complexity index is 952. The molecule has 2 amide bonds. The van der Waals surface area contributed by atoms with E-state index in [0.29, 0.717) is 23.4 Å². The Hall–Kier alpha value is -3.60. The SMILES string of the molecule is COc1ccc(NC(=O)[C@H](Cc2ccccc2)NC(=O)c2ccc(C)cc2)cc1. The van der Waals surface area contributed by atoms with Gasteiger partial charge in [-0.1, -0.05) is 48.0 Å². The molecule has 0 aromatic heterocycles. The van der Waals surface area contributed by atoms with Crippen LogP contribution in [0.25, 0.3) is 0 Å².